The standard InChI is InChI=1S/C18H19NO2S/c1-13(2)14-7-9-15(10-8-14)18(20)19-11-12-22(21)17-6-4-3-5-16(17)19/h3-10,13H,11-12H2,1-2H3. The third kappa shape index (κ3) is 2.71. The molecular weight excluding hydrogens is 294 g/mol. The molecule has 0 fully saturated rings. The fourth-order valence-electron chi connectivity index (χ4n) is 2.65. The second-order valence-corrected chi connectivity index (χ2v) is 7.29. The Hall–Kier alpha value is -1.94. The number of para-hydroxylation sites is 1. The van der Waals surface area contributed by atoms with Gasteiger partial charge in [0, 0.05) is 17.9 Å². The van der Waals surface area contributed by atoms with E-state index >= 15 is 0 Å². The summed E-state index contributed by atoms with van der Waals surface area (Å²) in [7, 11) is -1.01. The molecule has 3 nitrogen and oxygen atoms in total. The molecule has 114 valence electrons. The molecule has 1 aliphatic rings. The maximum atomic E-state index is 12.8. The number of fused-ring (bicyclic) bond motifs is 1. The fraction of sp³-hybridized carbons (Fsp3) is 0.278. The van der Waals surface area contributed by atoms with Crippen LogP contribution in [-0.2, 0) is 10.8 Å². The van der Waals surface area contributed by atoms with E-state index < -0.39 is 10.8 Å². The van der Waals surface area contributed by atoms with Gasteiger partial charge in [0.05, 0.1) is 21.4 Å². The van der Waals surface area contributed by atoms with Crippen molar-refractivity contribution in [2.75, 3.05) is 17.2 Å². The Labute approximate surface area is 133 Å². The first kappa shape index (κ1) is 15.0. The Morgan fingerprint density at radius 3 is 2.45 bits per heavy atom. The average Bonchev–Trinajstić information content (AvgIpc) is 2.55. The Balaban J connectivity index is 1.93. The summed E-state index contributed by atoms with van der Waals surface area (Å²) < 4.78 is 12.1. The molecule has 0 N–H and O–H groups in total. The van der Waals surface area contributed by atoms with Crippen LogP contribution in [0, 0.1) is 0 Å². The third-order valence-electron chi connectivity index (χ3n) is 3.97. The van der Waals surface area contributed by atoms with Crippen LogP contribution in [-0.4, -0.2) is 22.4 Å². The van der Waals surface area contributed by atoms with Gasteiger partial charge in [0.15, 0.2) is 0 Å². The quantitative estimate of drug-likeness (QED) is 0.850. The minimum Gasteiger partial charge on any atom is -0.306 e. The van der Waals surface area contributed by atoms with E-state index in [9.17, 15) is 9.00 Å². The second kappa shape index (κ2) is 6.05. The van der Waals surface area contributed by atoms with E-state index in [2.05, 4.69) is 13.8 Å². The molecule has 4 heteroatoms. The largest absolute Gasteiger partial charge is 0.306 e. The Morgan fingerprint density at radius 1 is 1.09 bits per heavy atom. The molecular formula is C18H19NO2S. The molecule has 0 saturated heterocycles. The molecule has 1 atom stereocenters. The molecule has 0 spiro atoms. The van der Waals surface area contributed by atoms with Crippen LogP contribution < -0.4 is 4.90 Å². The summed E-state index contributed by atoms with van der Waals surface area (Å²) in [5.74, 6) is 0.911. The Morgan fingerprint density at radius 2 is 1.77 bits per heavy atom. The molecule has 1 unspecified atom stereocenters. The van der Waals surface area contributed by atoms with Gasteiger partial charge < -0.3 is 4.90 Å². The van der Waals surface area contributed by atoms with Crippen molar-refractivity contribution in [3.05, 3.63) is 59.7 Å². The Bertz CT molecular complexity index is 722. The number of benzene rings is 2. The zero-order valence-electron chi connectivity index (χ0n) is 12.8. The maximum Gasteiger partial charge on any atom is 0.258 e. The zero-order chi connectivity index (χ0) is 15.7. The lowest BCUT2D eigenvalue weighted by molar-refractivity contribution is 0.0987. The van der Waals surface area contributed by atoms with E-state index in [-0.39, 0.29) is 5.91 Å². The van der Waals surface area contributed by atoms with Gasteiger partial charge in [0.25, 0.3) is 5.91 Å². The van der Waals surface area contributed by atoms with Crippen LogP contribution in [0.15, 0.2) is 53.4 Å². The minimum absolute atomic E-state index is 0.0283. The number of nitrogens with zero attached hydrogens (tertiary/aromatic N) is 1. The maximum absolute atomic E-state index is 12.8. The number of anilines is 1. The highest BCUT2D eigenvalue weighted by molar-refractivity contribution is 7.85. The van der Waals surface area contributed by atoms with Crippen LogP contribution in [0.5, 0.6) is 0 Å². The summed E-state index contributed by atoms with van der Waals surface area (Å²) >= 11 is 0. The van der Waals surface area contributed by atoms with Gasteiger partial charge in [-0.25, -0.2) is 0 Å². The molecule has 0 aliphatic carbocycles. The smallest absolute Gasteiger partial charge is 0.258 e. The minimum atomic E-state index is -1.01. The number of rotatable bonds is 2. The number of amides is 1. The lowest BCUT2D eigenvalue weighted by Crippen LogP contribution is -2.38. The SMILES string of the molecule is CC(C)c1ccc(C(=O)N2CCS(=O)c3ccccc32)cc1. The van der Waals surface area contributed by atoms with Gasteiger partial charge in [-0.2, -0.15) is 0 Å². The predicted molar refractivity (Wildman–Crippen MR) is 89.9 cm³/mol. The molecule has 1 heterocycles. The monoisotopic (exact) mass is 313 g/mol. The van der Waals surface area contributed by atoms with Crippen molar-refractivity contribution in [2.45, 2.75) is 24.7 Å². The summed E-state index contributed by atoms with van der Waals surface area (Å²) in [5.41, 5.74) is 2.66. The second-order valence-electron chi connectivity index (χ2n) is 5.75. The van der Waals surface area contributed by atoms with E-state index in [0.717, 1.165) is 10.6 Å². The average molecular weight is 313 g/mol. The van der Waals surface area contributed by atoms with Gasteiger partial charge in [-0.15, -0.1) is 0 Å². The van der Waals surface area contributed by atoms with Crippen molar-refractivity contribution in [3.8, 4) is 0 Å². The van der Waals surface area contributed by atoms with Gasteiger partial charge in [0.1, 0.15) is 0 Å². The van der Waals surface area contributed by atoms with E-state index in [1.807, 2.05) is 48.5 Å². The van der Waals surface area contributed by atoms with E-state index in [1.54, 1.807) is 4.90 Å². The molecule has 0 saturated carbocycles. The van der Waals surface area contributed by atoms with Crippen molar-refractivity contribution in [1.29, 1.82) is 0 Å². The van der Waals surface area contributed by atoms with E-state index in [0.29, 0.717) is 23.8 Å². The van der Waals surface area contributed by atoms with Crippen LogP contribution in [0.2, 0.25) is 0 Å². The molecule has 1 amide bonds. The molecule has 3 rings (SSSR count). The molecule has 2 aromatic rings. The van der Waals surface area contributed by atoms with Crippen LogP contribution in [0.1, 0.15) is 35.7 Å². The van der Waals surface area contributed by atoms with Crippen LogP contribution in [0.3, 0.4) is 0 Å². The van der Waals surface area contributed by atoms with Gasteiger partial charge in [-0.3, -0.25) is 9.00 Å². The third-order valence-corrected chi connectivity index (χ3v) is 5.36. The summed E-state index contributed by atoms with van der Waals surface area (Å²) in [6.07, 6.45) is 0. The van der Waals surface area contributed by atoms with Crippen LogP contribution in [0.25, 0.3) is 0 Å². The summed E-state index contributed by atoms with van der Waals surface area (Å²) in [5, 5.41) is 0. The first-order chi connectivity index (χ1) is 10.6. The topological polar surface area (TPSA) is 37.4 Å². The molecule has 0 bridgehead atoms. The first-order valence-electron chi connectivity index (χ1n) is 7.47. The highest BCUT2D eigenvalue weighted by Gasteiger charge is 2.26. The van der Waals surface area contributed by atoms with Crippen LogP contribution in [0.4, 0.5) is 5.69 Å². The van der Waals surface area contributed by atoms with Gasteiger partial charge >= 0.3 is 0 Å². The van der Waals surface area contributed by atoms with E-state index in [4.69, 9.17) is 0 Å². The molecule has 2 aromatic carbocycles. The zero-order valence-corrected chi connectivity index (χ0v) is 13.6. The number of carbonyl (C=O) groups excluding carboxylic acids is 1. The van der Waals surface area contributed by atoms with Crippen molar-refractivity contribution in [1.82, 2.24) is 0 Å². The van der Waals surface area contributed by atoms with Gasteiger partial charge in [-0.1, -0.05) is 38.1 Å². The number of hydrogen-bond donors (Lipinski definition) is 0. The Kier molecular flexibility index (Phi) is 4.12. The lowest BCUT2D eigenvalue weighted by Gasteiger charge is -2.29. The van der Waals surface area contributed by atoms with Gasteiger partial charge in [-0.05, 0) is 35.7 Å². The van der Waals surface area contributed by atoms with E-state index in [1.165, 1.54) is 5.56 Å². The van der Waals surface area contributed by atoms with Crippen molar-refractivity contribution in [2.24, 2.45) is 0 Å². The number of hydrogen-bond acceptors (Lipinski definition) is 2. The first-order valence-corrected chi connectivity index (χ1v) is 8.79. The molecule has 0 radical (unpaired) electrons. The molecule has 1 aliphatic heterocycles. The number of carbonyl (C=O) groups is 1. The van der Waals surface area contributed by atoms with Crippen molar-refractivity contribution < 1.29 is 9.00 Å². The summed E-state index contributed by atoms with van der Waals surface area (Å²) in [6.45, 7) is 4.76. The fourth-order valence-corrected chi connectivity index (χ4v) is 3.86. The van der Waals surface area contributed by atoms with Gasteiger partial charge in [0.2, 0.25) is 0 Å². The summed E-state index contributed by atoms with van der Waals surface area (Å²) in [6, 6.07) is 15.2. The van der Waals surface area contributed by atoms with Crippen molar-refractivity contribution in [3.63, 3.8) is 0 Å². The highest BCUT2D eigenvalue weighted by atomic mass is 32.2. The molecule has 0 aromatic heterocycles. The highest BCUT2D eigenvalue weighted by Crippen LogP contribution is 2.29. The predicted octanol–water partition coefficient (Wildman–Crippen LogP) is 3.58. The van der Waals surface area contributed by atoms with Crippen molar-refractivity contribution >= 4 is 22.4 Å². The molecule has 22 heavy (non-hydrogen) atoms. The summed E-state index contributed by atoms with van der Waals surface area (Å²) in [4.78, 5) is 15.3. The van der Waals surface area contributed by atoms with Crippen LogP contribution >= 0.6 is 0 Å². The lowest BCUT2D eigenvalue weighted by atomic mass is 10.0. The normalized spacial score (nSPS) is 17.4.